The van der Waals surface area contributed by atoms with Crippen molar-refractivity contribution in [2.75, 3.05) is 12.3 Å². The van der Waals surface area contributed by atoms with Crippen LogP contribution in [0.1, 0.15) is 69.1 Å². The summed E-state index contributed by atoms with van der Waals surface area (Å²) in [4.78, 5) is 27.0. The quantitative estimate of drug-likeness (QED) is 0.372. The van der Waals surface area contributed by atoms with Crippen LogP contribution in [0, 0.1) is 0 Å². The lowest BCUT2D eigenvalue weighted by atomic mass is 9.95. The first kappa shape index (κ1) is 21.4. The van der Waals surface area contributed by atoms with Crippen molar-refractivity contribution in [2.24, 2.45) is 0 Å². The summed E-state index contributed by atoms with van der Waals surface area (Å²) in [6, 6.07) is 4.40. The average molecular weight is 448 g/mol. The molecule has 0 unspecified atom stereocenters. The highest BCUT2D eigenvalue weighted by atomic mass is 32.2. The predicted molar refractivity (Wildman–Crippen MR) is 119 cm³/mol. The molecule has 2 fully saturated rings. The van der Waals surface area contributed by atoms with Gasteiger partial charge in [-0.25, -0.2) is 4.79 Å². The number of carbonyl (C=O) groups is 2. The van der Waals surface area contributed by atoms with Crippen LogP contribution >= 0.6 is 23.1 Å². The van der Waals surface area contributed by atoms with Crippen LogP contribution in [0.4, 0.5) is 4.79 Å². The Balaban J connectivity index is 1.40. The first-order valence-electron chi connectivity index (χ1n) is 10.7. The van der Waals surface area contributed by atoms with Gasteiger partial charge in [-0.05, 0) is 44.6 Å². The molecule has 1 saturated carbocycles. The van der Waals surface area contributed by atoms with Crippen LogP contribution in [0.2, 0.25) is 0 Å². The van der Waals surface area contributed by atoms with Gasteiger partial charge in [0.1, 0.15) is 11.4 Å². The molecule has 0 radical (unpaired) electrons. The number of nitrogens with one attached hydrogen (secondary N) is 1. The van der Waals surface area contributed by atoms with Crippen LogP contribution in [0.5, 0.6) is 0 Å². The van der Waals surface area contributed by atoms with Gasteiger partial charge in [0.05, 0.1) is 0 Å². The molecule has 0 bridgehead atoms. The van der Waals surface area contributed by atoms with Gasteiger partial charge in [-0.1, -0.05) is 37.1 Å². The second kappa shape index (κ2) is 9.09. The van der Waals surface area contributed by atoms with E-state index in [-0.39, 0.29) is 11.9 Å². The summed E-state index contributed by atoms with van der Waals surface area (Å²) in [6.07, 6.45) is 7.74. The fraction of sp³-hybridized carbons (Fsp3) is 0.619. The third kappa shape index (κ3) is 4.56. The van der Waals surface area contributed by atoms with E-state index in [2.05, 4.69) is 37.6 Å². The van der Waals surface area contributed by atoms with Crippen LogP contribution in [-0.2, 0) is 11.2 Å². The lowest BCUT2D eigenvalue weighted by Crippen LogP contribution is -2.40. The highest BCUT2D eigenvalue weighted by Gasteiger charge is 2.43. The zero-order valence-corrected chi connectivity index (χ0v) is 19.2. The summed E-state index contributed by atoms with van der Waals surface area (Å²) in [7, 11) is 0. The summed E-state index contributed by atoms with van der Waals surface area (Å²) in [5.41, 5.74) is -0.803. The molecule has 162 valence electrons. The van der Waals surface area contributed by atoms with E-state index in [1.165, 1.54) is 41.9 Å². The Morgan fingerprint density at radius 2 is 2.03 bits per heavy atom. The van der Waals surface area contributed by atoms with Crippen molar-refractivity contribution in [1.29, 1.82) is 0 Å². The Labute approximate surface area is 185 Å². The standard InChI is InChI=1S/C21H29N5O2S2/c1-21(2)18(27)25(19(28)22-21)11-7-13-30-20-24-23-17(14-16-10-6-12-29-16)26(20)15-8-4-3-5-9-15/h6,10,12,15H,3-5,7-9,11,13-14H2,1-2H3,(H,22,28). The summed E-state index contributed by atoms with van der Waals surface area (Å²) in [6.45, 7) is 3.91. The number of urea groups is 1. The Morgan fingerprint density at radius 1 is 1.23 bits per heavy atom. The van der Waals surface area contributed by atoms with Crippen molar-refractivity contribution < 1.29 is 9.59 Å². The van der Waals surface area contributed by atoms with Gasteiger partial charge < -0.3 is 9.88 Å². The highest BCUT2D eigenvalue weighted by molar-refractivity contribution is 7.99. The number of thioether (sulfide) groups is 1. The summed E-state index contributed by atoms with van der Waals surface area (Å²) in [5.74, 6) is 1.69. The SMILES string of the molecule is CC1(C)NC(=O)N(CCCSc2nnc(Cc3cccs3)n2C2CCCCC2)C1=O. The predicted octanol–water partition coefficient (Wildman–Crippen LogP) is 4.25. The van der Waals surface area contributed by atoms with Crippen molar-refractivity contribution in [3.05, 3.63) is 28.2 Å². The van der Waals surface area contributed by atoms with Crippen LogP contribution in [0.3, 0.4) is 0 Å². The maximum absolute atomic E-state index is 12.3. The maximum atomic E-state index is 12.3. The number of hydrogen-bond donors (Lipinski definition) is 1. The third-order valence-electron chi connectivity index (χ3n) is 5.79. The fourth-order valence-electron chi connectivity index (χ4n) is 4.21. The molecule has 30 heavy (non-hydrogen) atoms. The molecule has 1 saturated heterocycles. The van der Waals surface area contributed by atoms with Gasteiger partial charge in [0.25, 0.3) is 5.91 Å². The monoisotopic (exact) mass is 447 g/mol. The van der Waals surface area contributed by atoms with Crippen molar-refractivity contribution in [2.45, 2.75) is 75.5 Å². The lowest BCUT2D eigenvalue weighted by molar-refractivity contribution is -0.130. The number of amides is 3. The van der Waals surface area contributed by atoms with Gasteiger partial charge in [-0.2, -0.15) is 0 Å². The van der Waals surface area contributed by atoms with Crippen LogP contribution in [0.25, 0.3) is 0 Å². The molecule has 0 spiro atoms. The minimum Gasteiger partial charge on any atom is -0.324 e. The maximum Gasteiger partial charge on any atom is 0.325 e. The summed E-state index contributed by atoms with van der Waals surface area (Å²) >= 11 is 3.44. The van der Waals surface area contributed by atoms with Gasteiger partial charge in [0.15, 0.2) is 5.16 Å². The molecule has 1 N–H and O–H groups in total. The van der Waals surface area contributed by atoms with Crippen LogP contribution in [-0.4, -0.2) is 49.4 Å². The molecule has 2 aliphatic rings. The van der Waals surface area contributed by atoms with Crippen LogP contribution < -0.4 is 5.32 Å². The molecule has 2 aromatic rings. The molecule has 7 nitrogen and oxygen atoms in total. The van der Waals surface area contributed by atoms with E-state index in [4.69, 9.17) is 0 Å². The van der Waals surface area contributed by atoms with E-state index in [0.29, 0.717) is 12.6 Å². The first-order valence-corrected chi connectivity index (χ1v) is 12.6. The molecular weight excluding hydrogens is 418 g/mol. The van der Waals surface area contributed by atoms with Gasteiger partial charge >= 0.3 is 6.03 Å². The molecule has 3 amide bonds. The van der Waals surface area contributed by atoms with E-state index < -0.39 is 5.54 Å². The average Bonchev–Trinajstić information content (AvgIpc) is 3.42. The Morgan fingerprint density at radius 3 is 2.70 bits per heavy atom. The second-order valence-electron chi connectivity index (χ2n) is 8.53. The van der Waals surface area contributed by atoms with E-state index in [9.17, 15) is 9.59 Å². The Bertz CT molecular complexity index is 887. The molecular formula is C21H29N5O2S2. The van der Waals surface area contributed by atoms with E-state index >= 15 is 0 Å². The molecule has 9 heteroatoms. The fourth-order valence-corrected chi connectivity index (χ4v) is 5.86. The molecule has 4 rings (SSSR count). The molecule has 2 aromatic heterocycles. The van der Waals surface area contributed by atoms with Gasteiger partial charge in [0, 0.05) is 29.6 Å². The van der Waals surface area contributed by atoms with Gasteiger partial charge in [-0.3, -0.25) is 9.69 Å². The Hall–Kier alpha value is -1.87. The van der Waals surface area contributed by atoms with Crippen molar-refractivity contribution in [3.8, 4) is 0 Å². The molecule has 1 aliphatic heterocycles. The smallest absolute Gasteiger partial charge is 0.324 e. The van der Waals surface area contributed by atoms with Crippen LogP contribution in [0.15, 0.2) is 22.7 Å². The molecule has 0 aromatic carbocycles. The van der Waals surface area contributed by atoms with E-state index in [1.54, 1.807) is 36.9 Å². The zero-order chi connectivity index (χ0) is 21.1. The first-order chi connectivity index (χ1) is 14.5. The molecule has 3 heterocycles. The number of hydrogen-bond acceptors (Lipinski definition) is 6. The van der Waals surface area contributed by atoms with Crippen molar-refractivity contribution in [1.82, 2.24) is 25.0 Å². The third-order valence-corrected chi connectivity index (χ3v) is 7.69. The molecule has 0 atom stereocenters. The Kier molecular flexibility index (Phi) is 6.48. The summed E-state index contributed by atoms with van der Waals surface area (Å²) < 4.78 is 2.36. The number of imide groups is 1. The number of aromatic nitrogens is 3. The number of nitrogens with zero attached hydrogens (tertiary/aromatic N) is 4. The lowest BCUT2D eigenvalue weighted by Gasteiger charge is -2.25. The second-order valence-corrected chi connectivity index (χ2v) is 10.6. The molecule has 1 aliphatic carbocycles. The minimum atomic E-state index is -0.803. The zero-order valence-electron chi connectivity index (χ0n) is 17.6. The number of thiophene rings is 1. The number of carbonyl (C=O) groups excluding carboxylic acids is 2. The van der Waals surface area contributed by atoms with Gasteiger partial charge in [-0.15, -0.1) is 21.5 Å². The number of rotatable bonds is 8. The highest BCUT2D eigenvalue weighted by Crippen LogP contribution is 2.33. The normalized spacial score (nSPS) is 19.5. The van der Waals surface area contributed by atoms with Crippen molar-refractivity contribution in [3.63, 3.8) is 0 Å². The summed E-state index contributed by atoms with van der Waals surface area (Å²) in [5, 5.41) is 14.8. The van der Waals surface area contributed by atoms with Gasteiger partial charge in [0.2, 0.25) is 0 Å². The minimum absolute atomic E-state index is 0.152. The van der Waals surface area contributed by atoms with E-state index in [0.717, 1.165) is 29.6 Å². The topological polar surface area (TPSA) is 80.1 Å². The largest absolute Gasteiger partial charge is 0.325 e. The van der Waals surface area contributed by atoms with Crippen molar-refractivity contribution >= 4 is 35.0 Å². The van der Waals surface area contributed by atoms with E-state index in [1.807, 2.05) is 0 Å².